The SMILES string of the molecule is CCCC(C)C1=C2CC3CCC(C)C4=C3C3C(=C(C)C4C)C(CCC(C)C)C(CCC)C(=C(C)C1C)C23. The molecule has 5 aliphatic carbocycles. The van der Waals surface area contributed by atoms with Crippen molar-refractivity contribution in [2.24, 2.45) is 59.2 Å². The smallest absolute Gasteiger partial charge is 0.0122 e. The molecule has 0 aliphatic heterocycles. The summed E-state index contributed by atoms with van der Waals surface area (Å²) >= 11 is 0. The molecule has 0 nitrogen and oxygen atoms in total. The fourth-order valence-corrected chi connectivity index (χ4v) is 10.5. The van der Waals surface area contributed by atoms with Gasteiger partial charge in [0.1, 0.15) is 0 Å². The maximum absolute atomic E-state index is 2.60. The van der Waals surface area contributed by atoms with Gasteiger partial charge in [-0.2, -0.15) is 0 Å². The summed E-state index contributed by atoms with van der Waals surface area (Å²) in [5, 5.41) is 0. The van der Waals surface area contributed by atoms with Crippen LogP contribution in [0.5, 0.6) is 0 Å². The summed E-state index contributed by atoms with van der Waals surface area (Å²) in [6.07, 6.45) is 12.4. The van der Waals surface area contributed by atoms with Gasteiger partial charge in [-0.05, 0) is 99.7 Å². The molecule has 0 aromatic heterocycles. The topological polar surface area (TPSA) is 0 Å². The van der Waals surface area contributed by atoms with Gasteiger partial charge in [0.15, 0.2) is 0 Å². The standard InChI is InChI=1S/C37H58/c1-11-13-21(5)31-23(7)25(9)33-28(14-12-2)29(18-15-20(3)4)34-26(10)24(8)32-22(6)16-17-27-19-30(31)36(33)37(34)35(27)32/h20-24,27-29,36-37H,11-19H2,1-10H3. The Morgan fingerprint density at radius 1 is 0.703 bits per heavy atom. The highest BCUT2D eigenvalue weighted by Crippen LogP contribution is 2.67. The van der Waals surface area contributed by atoms with Crippen molar-refractivity contribution in [1.82, 2.24) is 0 Å². The van der Waals surface area contributed by atoms with Gasteiger partial charge in [-0.25, -0.2) is 0 Å². The molecular weight excluding hydrogens is 444 g/mol. The predicted molar refractivity (Wildman–Crippen MR) is 161 cm³/mol. The minimum absolute atomic E-state index is 0.648. The normalized spacial score (nSPS) is 38.0. The Balaban J connectivity index is 1.78. The number of hydrogen-bond acceptors (Lipinski definition) is 0. The quantitative estimate of drug-likeness (QED) is 0.289. The van der Waals surface area contributed by atoms with Gasteiger partial charge in [0.25, 0.3) is 0 Å². The van der Waals surface area contributed by atoms with E-state index in [0.29, 0.717) is 23.7 Å². The highest BCUT2D eigenvalue weighted by Gasteiger charge is 2.56. The Morgan fingerprint density at radius 2 is 1.35 bits per heavy atom. The second-order valence-corrected chi connectivity index (χ2v) is 14.6. The molecule has 0 radical (unpaired) electrons. The van der Waals surface area contributed by atoms with Gasteiger partial charge >= 0.3 is 0 Å². The first-order chi connectivity index (χ1) is 17.6. The summed E-state index contributed by atoms with van der Waals surface area (Å²) < 4.78 is 0. The Bertz CT molecular complexity index is 1020. The lowest BCUT2D eigenvalue weighted by molar-refractivity contribution is 0.200. The van der Waals surface area contributed by atoms with Gasteiger partial charge in [0.2, 0.25) is 0 Å². The number of hydrogen-bond donors (Lipinski definition) is 0. The van der Waals surface area contributed by atoms with Crippen LogP contribution < -0.4 is 0 Å². The average molecular weight is 503 g/mol. The molecule has 37 heavy (non-hydrogen) atoms. The van der Waals surface area contributed by atoms with Crippen LogP contribution in [0.25, 0.3) is 0 Å². The molecule has 2 saturated carbocycles. The molecule has 0 heteroatoms. The molecule has 0 saturated heterocycles. The molecule has 5 rings (SSSR count). The highest BCUT2D eigenvalue weighted by atomic mass is 14.6. The fourth-order valence-electron chi connectivity index (χ4n) is 10.5. The van der Waals surface area contributed by atoms with E-state index < -0.39 is 0 Å². The van der Waals surface area contributed by atoms with Crippen LogP contribution in [0.1, 0.15) is 127 Å². The van der Waals surface area contributed by atoms with Gasteiger partial charge in [-0.1, -0.05) is 119 Å². The van der Waals surface area contributed by atoms with Gasteiger partial charge in [-0.3, -0.25) is 0 Å². The first kappa shape index (κ1) is 27.5. The lowest BCUT2D eigenvalue weighted by atomic mass is 9.44. The van der Waals surface area contributed by atoms with E-state index >= 15 is 0 Å². The van der Waals surface area contributed by atoms with Crippen molar-refractivity contribution in [2.75, 3.05) is 0 Å². The maximum atomic E-state index is 2.60. The van der Waals surface area contributed by atoms with Crippen molar-refractivity contribution in [3.05, 3.63) is 44.6 Å². The van der Waals surface area contributed by atoms with Crippen LogP contribution in [0.2, 0.25) is 0 Å². The Labute approximate surface area is 230 Å². The summed E-state index contributed by atoms with van der Waals surface area (Å²) in [7, 11) is 0. The molecule has 0 spiro atoms. The van der Waals surface area contributed by atoms with Crippen LogP contribution in [-0.4, -0.2) is 0 Å². The fraction of sp³-hybridized carbons (Fsp3) is 0.784. The van der Waals surface area contributed by atoms with Gasteiger partial charge in [0, 0.05) is 11.8 Å². The zero-order valence-corrected chi connectivity index (χ0v) is 26.1. The lowest BCUT2D eigenvalue weighted by Gasteiger charge is -2.60. The summed E-state index contributed by atoms with van der Waals surface area (Å²) in [5.74, 6) is 7.37. The molecule has 0 aromatic carbocycles. The molecule has 0 heterocycles. The van der Waals surface area contributed by atoms with E-state index in [9.17, 15) is 0 Å². The van der Waals surface area contributed by atoms with Gasteiger partial charge < -0.3 is 0 Å². The second kappa shape index (κ2) is 10.5. The van der Waals surface area contributed by atoms with Crippen molar-refractivity contribution in [1.29, 1.82) is 0 Å². The van der Waals surface area contributed by atoms with Crippen molar-refractivity contribution in [3.8, 4) is 0 Å². The first-order valence-electron chi connectivity index (χ1n) is 16.5. The molecule has 2 fully saturated rings. The van der Waals surface area contributed by atoms with E-state index in [1.54, 1.807) is 11.1 Å². The van der Waals surface area contributed by atoms with Crippen molar-refractivity contribution in [3.63, 3.8) is 0 Å². The van der Waals surface area contributed by atoms with Gasteiger partial charge in [0.05, 0.1) is 0 Å². The van der Waals surface area contributed by atoms with E-state index in [2.05, 4.69) is 69.2 Å². The first-order valence-corrected chi connectivity index (χ1v) is 16.5. The second-order valence-electron chi connectivity index (χ2n) is 14.6. The molecule has 0 N–H and O–H groups in total. The predicted octanol–water partition coefficient (Wildman–Crippen LogP) is 11.1. The Morgan fingerprint density at radius 3 is 2.00 bits per heavy atom. The molecule has 9 atom stereocenters. The van der Waals surface area contributed by atoms with Crippen LogP contribution in [0.4, 0.5) is 0 Å². The summed E-state index contributed by atoms with van der Waals surface area (Å²) in [6, 6.07) is 0. The molecule has 0 aromatic rings. The molecular formula is C37H58. The van der Waals surface area contributed by atoms with Crippen molar-refractivity contribution >= 4 is 0 Å². The average Bonchev–Trinajstić information content (AvgIpc) is 2.85. The minimum Gasteiger partial charge on any atom is -0.0663 e. The van der Waals surface area contributed by atoms with Crippen LogP contribution in [-0.2, 0) is 0 Å². The van der Waals surface area contributed by atoms with E-state index in [0.717, 1.165) is 35.5 Å². The number of rotatable bonds is 8. The monoisotopic (exact) mass is 502 g/mol. The van der Waals surface area contributed by atoms with E-state index in [1.807, 2.05) is 33.4 Å². The van der Waals surface area contributed by atoms with Crippen molar-refractivity contribution < 1.29 is 0 Å². The Kier molecular flexibility index (Phi) is 7.81. The van der Waals surface area contributed by atoms with E-state index in [4.69, 9.17) is 0 Å². The third-order valence-corrected chi connectivity index (χ3v) is 12.1. The lowest BCUT2D eigenvalue weighted by Crippen LogP contribution is -2.49. The third-order valence-electron chi connectivity index (χ3n) is 12.1. The molecule has 0 amide bonds. The zero-order valence-electron chi connectivity index (χ0n) is 26.1. The molecule has 0 bridgehead atoms. The van der Waals surface area contributed by atoms with E-state index in [-0.39, 0.29) is 0 Å². The molecule has 206 valence electrons. The number of allylic oxidation sites excluding steroid dienone is 8. The maximum Gasteiger partial charge on any atom is 0.0122 e. The van der Waals surface area contributed by atoms with Gasteiger partial charge in [-0.15, -0.1) is 0 Å². The third kappa shape index (κ3) is 4.21. The van der Waals surface area contributed by atoms with E-state index in [1.165, 1.54) is 57.8 Å². The largest absolute Gasteiger partial charge is 0.0663 e. The van der Waals surface area contributed by atoms with Crippen LogP contribution >= 0.6 is 0 Å². The minimum atomic E-state index is 0.648. The summed E-state index contributed by atoms with van der Waals surface area (Å²) in [4.78, 5) is 0. The summed E-state index contributed by atoms with van der Waals surface area (Å²) in [5.41, 5.74) is 15.2. The zero-order chi connectivity index (χ0) is 26.8. The van der Waals surface area contributed by atoms with Crippen molar-refractivity contribution in [2.45, 2.75) is 127 Å². The van der Waals surface area contributed by atoms with Crippen LogP contribution in [0.15, 0.2) is 44.6 Å². The highest BCUT2D eigenvalue weighted by molar-refractivity contribution is 5.57. The summed E-state index contributed by atoms with van der Waals surface area (Å²) in [6.45, 7) is 25.2. The molecule has 5 aliphatic rings. The van der Waals surface area contributed by atoms with Crippen LogP contribution in [0.3, 0.4) is 0 Å². The Hall–Kier alpha value is -1.04. The van der Waals surface area contributed by atoms with Crippen LogP contribution in [0, 0.1) is 59.2 Å². The molecule has 9 unspecified atom stereocenters.